The molecule has 2 aromatic heterocycles. The molecule has 0 saturated heterocycles. The Bertz CT molecular complexity index is 775. The maximum atomic E-state index is 13.1. The van der Waals surface area contributed by atoms with Crippen molar-refractivity contribution in [2.24, 2.45) is 0 Å². The number of anilines is 3. The number of benzene rings is 1. The van der Waals surface area contributed by atoms with Crippen molar-refractivity contribution >= 4 is 33.5 Å². The molecule has 0 unspecified atom stereocenters. The SMILES string of the molecule is Nc1nc(Nc2ccc(F)cc2Br)nc(-n2cccn2)n1. The molecule has 106 valence electrons. The van der Waals surface area contributed by atoms with Gasteiger partial charge in [0, 0.05) is 16.9 Å². The standard InChI is InChI=1S/C12H9BrFN7/c13-8-6-7(14)2-3-9(8)17-11-18-10(15)19-12(20-11)21-5-1-4-16-21/h1-6H,(H3,15,17,18,19,20). The maximum Gasteiger partial charge on any atom is 0.257 e. The van der Waals surface area contributed by atoms with E-state index in [1.807, 2.05) is 0 Å². The number of hydrogen-bond donors (Lipinski definition) is 2. The van der Waals surface area contributed by atoms with Crippen molar-refractivity contribution in [1.82, 2.24) is 24.7 Å². The Morgan fingerprint density at radius 1 is 1.24 bits per heavy atom. The summed E-state index contributed by atoms with van der Waals surface area (Å²) in [7, 11) is 0. The molecule has 0 aliphatic carbocycles. The lowest BCUT2D eigenvalue weighted by atomic mass is 10.3. The zero-order chi connectivity index (χ0) is 14.8. The summed E-state index contributed by atoms with van der Waals surface area (Å²) in [5.41, 5.74) is 6.27. The Hall–Kier alpha value is -2.55. The molecule has 0 saturated carbocycles. The van der Waals surface area contributed by atoms with Gasteiger partial charge in [0.15, 0.2) is 0 Å². The third kappa shape index (κ3) is 2.97. The highest BCUT2D eigenvalue weighted by molar-refractivity contribution is 9.10. The van der Waals surface area contributed by atoms with Crippen molar-refractivity contribution in [1.29, 1.82) is 0 Å². The fourth-order valence-electron chi connectivity index (χ4n) is 1.64. The highest BCUT2D eigenvalue weighted by Crippen LogP contribution is 2.25. The average molecular weight is 350 g/mol. The van der Waals surface area contributed by atoms with Crippen LogP contribution in [0, 0.1) is 5.82 Å². The third-order valence-corrected chi connectivity index (χ3v) is 3.18. The highest BCUT2D eigenvalue weighted by atomic mass is 79.9. The van der Waals surface area contributed by atoms with Crippen molar-refractivity contribution in [3.63, 3.8) is 0 Å². The van der Waals surface area contributed by atoms with Gasteiger partial charge in [-0.3, -0.25) is 0 Å². The maximum absolute atomic E-state index is 13.1. The van der Waals surface area contributed by atoms with E-state index < -0.39 is 0 Å². The molecule has 9 heteroatoms. The Labute approximate surface area is 127 Å². The first-order valence-electron chi connectivity index (χ1n) is 5.85. The summed E-state index contributed by atoms with van der Waals surface area (Å²) in [6, 6.07) is 5.96. The summed E-state index contributed by atoms with van der Waals surface area (Å²) < 4.78 is 15.1. The second-order valence-corrected chi connectivity index (χ2v) is 4.87. The molecule has 7 nitrogen and oxygen atoms in total. The minimum atomic E-state index is -0.347. The van der Waals surface area contributed by atoms with E-state index in [9.17, 15) is 4.39 Å². The third-order valence-electron chi connectivity index (χ3n) is 2.53. The van der Waals surface area contributed by atoms with Gasteiger partial charge in [0.2, 0.25) is 11.9 Å². The van der Waals surface area contributed by atoms with Crippen LogP contribution in [0.1, 0.15) is 0 Å². The van der Waals surface area contributed by atoms with Crippen molar-refractivity contribution in [2.75, 3.05) is 11.1 Å². The first kappa shape index (κ1) is 13.4. The molecule has 0 aliphatic heterocycles. The summed E-state index contributed by atoms with van der Waals surface area (Å²) in [6.45, 7) is 0. The van der Waals surface area contributed by atoms with Crippen LogP contribution in [0.15, 0.2) is 41.1 Å². The van der Waals surface area contributed by atoms with Crippen molar-refractivity contribution < 1.29 is 4.39 Å². The molecule has 0 radical (unpaired) electrons. The Kier molecular flexibility index (Phi) is 3.48. The fraction of sp³-hybridized carbons (Fsp3) is 0. The number of aromatic nitrogens is 5. The average Bonchev–Trinajstić information content (AvgIpc) is 2.95. The normalized spacial score (nSPS) is 10.6. The quantitative estimate of drug-likeness (QED) is 0.753. The highest BCUT2D eigenvalue weighted by Gasteiger charge is 2.09. The predicted octanol–water partition coefficient (Wildman–Crippen LogP) is 2.28. The Morgan fingerprint density at radius 2 is 2.10 bits per heavy atom. The smallest absolute Gasteiger partial charge is 0.257 e. The number of nitrogen functional groups attached to an aromatic ring is 1. The van der Waals surface area contributed by atoms with E-state index in [0.29, 0.717) is 10.2 Å². The summed E-state index contributed by atoms with van der Waals surface area (Å²) >= 11 is 3.26. The molecule has 0 atom stereocenters. The number of halogens is 2. The van der Waals surface area contributed by atoms with Gasteiger partial charge in [-0.1, -0.05) is 0 Å². The van der Waals surface area contributed by atoms with Gasteiger partial charge < -0.3 is 11.1 Å². The Morgan fingerprint density at radius 3 is 2.81 bits per heavy atom. The van der Waals surface area contributed by atoms with Gasteiger partial charge in [-0.05, 0) is 40.2 Å². The van der Waals surface area contributed by atoms with Gasteiger partial charge in [-0.25, -0.2) is 9.07 Å². The second kappa shape index (κ2) is 5.44. The van der Waals surface area contributed by atoms with Crippen LogP contribution in [0.25, 0.3) is 5.95 Å². The molecule has 0 fully saturated rings. The van der Waals surface area contributed by atoms with Crippen LogP contribution >= 0.6 is 15.9 Å². The topological polar surface area (TPSA) is 94.5 Å². The monoisotopic (exact) mass is 349 g/mol. The van der Waals surface area contributed by atoms with Crippen LogP contribution in [0.4, 0.5) is 22.0 Å². The zero-order valence-corrected chi connectivity index (χ0v) is 12.1. The number of nitrogens with one attached hydrogen (secondary N) is 1. The lowest BCUT2D eigenvalue weighted by molar-refractivity contribution is 0.627. The summed E-state index contributed by atoms with van der Waals surface area (Å²) in [5, 5.41) is 6.97. The van der Waals surface area contributed by atoms with Gasteiger partial charge in [-0.15, -0.1) is 0 Å². The first-order chi connectivity index (χ1) is 10.1. The van der Waals surface area contributed by atoms with Gasteiger partial charge in [0.25, 0.3) is 5.95 Å². The molecule has 0 bridgehead atoms. The minimum Gasteiger partial charge on any atom is -0.368 e. The molecular weight excluding hydrogens is 341 g/mol. The molecule has 3 N–H and O–H groups in total. The molecular formula is C12H9BrFN7. The van der Waals surface area contributed by atoms with Crippen LogP contribution in [-0.2, 0) is 0 Å². The largest absolute Gasteiger partial charge is 0.368 e. The van der Waals surface area contributed by atoms with Crippen molar-refractivity contribution in [3.05, 3.63) is 46.9 Å². The molecule has 2 heterocycles. The van der Waals surface area contributed by atoms with E-state index in [4.69, 9.17) is 5.73 Å². The number of nitrogens with two attached hydrogens (primary N) is 1. The van der Waals surface area contributed by atoms with Crippen LogP contribution in [0.3, 0.4) is 0 Å². The molecule has 3 aromatic rings. The predicted molar refractivity (Wildman–Crippen MR) is 78.7 cm³/mol. The Balaban J connectivity index is 1.95. The van der Waals surface area contributed by atoms with Gasteiger partial charge in [0.1, 0.15) is 5.82 Å². The second-order valence-electron chi connectivity index (χ2n) is 4.02. The van der Waals surface area contributed by atoms with Gasteiger partial charge >= 0.3 is 0 Å². The lowest BCUT2D eigenvalue weighted by Crippen LogP contribution is -2.09. The summed E-state index contributed by atoms with van der Waals surface area (Å²) in [6.07, 6.45) is 3.29. The minimum absolute atomic E-state index is 0.0521. The summed E-state index contributed by atoms with van der Waals surface area (Å²) in [5.74, 6) is 0.226. The molecule has 0 aliphatic rings. The van der Waals surface area contributed by atoms with Crippen molar-refractivity contribution in [3.8, 4) is 5.95 Å². The molecule has 3 rings (SSSR count). The fourth-order valence-corrected chi connectivity index (χ4v) is 2.09. The van der Waals surface area contributed by atoms with E-state index in [2.05, 4.69) is 41.3 Å². The van der Waals surface area contributed by atoms with E-state index in [0.717, 1.165) is 0 Å². The van der Waals surface area contributed by atoms with Crippen LogP contribution in [-0.4, -0.2) is 24.7 Å². The van der Waals surface area contributed by atoms with Crippen LogP contribution in [0.5, 0.6) is 0 Å². The lowest BCUT2D eigenvalue weighted by Gasteiger charge is -2.08. The van der Waals surface area contributed by atoms with Crippen molar-refractivity contribution in [2.45, 2.75) is 0 Å². The summed E-state index contributed by atoms with van der Waals surface area (Å²) in [4.78, 5) is 12.2. The van der Waals surface area contributed by atoms with E-state index in [-0.39, 0.29) is 23.7 Å². The molecule has 0 spiro atoms. The number of rotatable bonds is 3. The first-order valence-corrected chi connectivity index (χ1v) is 6.65. The van der Waals surface area contributed by atoms with Gasteiger partial charge in [0.05, 0.1) is 5.69 Å². The van der Waals surface area contributed by atoms with Crippen LogP contribution in [0.2, 0.25) is 0 Å². The van der Waals surface area contributed by atoms with Gasteiger partial charge in [-0.2, -0.15) is 20.1 Å². The number of nitrogens with zero attached hydrogens (tertiary/aromatic N) is 5. The van der Waals surface area contributed by atoms with E-state index in [1.165, 1.54) is 16.8 Å². The molecule has 0 amide bonds. The molecule has 21 heavy (non-hydrogen) atoms. The van der Waals surface area contributed by atoms with E-state index in [1.54, 1.807) is 24.5 Å². The number of hydrogen-bond acceptors (Lipinski definition) is 6. The van der Waals surface area contributed by atoms with E-state index >= 15 is 0 Å². The zero-order valence-electron chi connectivity index (χ0n) is 10.5. The molecule has 1 aromatic carbocycles. The van der Waals surface area contributed by atoms with Crippen LogP contribution < -0.4 is 11.1 Å².